The fourth-order valence-corrected chi connectivity index (χ4v) is 5.30. The zero-order valence-electron chi connectivity index (χ0n) is 26.1. The summed E-state index contributed by atoms with van der Waals surface area (Å²) < 4.78 is 11.8. The maximum atomic E-state index is 12.6. The van der Waals surface area contributed by atoms with Gasteiger partial charge in [0.25, 0.3) is 0 Å². The number of anilines is 1. The quantitative estimate of drug-likeness (QED) is 0.143. The first-order valence-electron chi connectivity index (χ1n) is 16.0. The SMILES string of the molecule is CCC(CC)(CC(=O)Nc1cccc(/C=C/c2cccc(COCCCCc3ccc(OCC4CCC4)cc3)n2)c1)C(=O)O. The highest BCUT2D eigenvalue weighted by Gasteiger charge is 2.37. The predicted molar refractivity (Wildman–Crippen MR) is 175 cm³/mol. The van der Waals surface area contributed by atoms with Crippen molar-refractivity contribution < 1.29 is 24.2 Å². The molecule has 1 aliphatic rings. The third-order valence-corrected chi connectivity index (χ3v) is 8.64. The Balaban J connectivity index is 1.17. The summed E-state index contributed by atoms with van der Waals surface area (Å²) in [6, 6.07) is 21.8. The number of nitrogens with zero attached hydrogens (tertiary/aromatic N) is 1. The molecule has 1 amide bonds. The van der Waals surface area contributed by atoms with Crippen LogP contribution in [0.5, 0.6) is 5.75 Å². The van der Waals surface area contributed by atoms with Gasteiger partial charge in [-0.25, -0.2) is 0 Å². The molecule has 0 saturated heterocycles. The predicted octanol–water partition coefficient (Wildman–Crippen LogP) is 8.19. The normalized spacial score (nSPS) is 13.5. The van der Waals surface area contributed by atoms with Crippen LogP contribution in [0, 0.1) is 11.3 Å². The Morgan fingerprint density at radius 1 is 1.00 bits per heavy atom. The number of carbonyl (C=O) groups excluding carboxylic acids is 1. The van der Waals surface area contributed by atoms with E-state index in [-0.39, 0.29) is 12.3 Å². The van der Waals surface area contributed by atoms with E-state index in [0.29, 0.717) is 31.7 Å². The molecule has 0 radical (unpaired) electrons. The maximum absolute atomic E-state index is 12.6. The van der Waals surface area contributed by atoms with Crippen LogP contribution in [-0.4, -0.2) is 35.2 Å². The van der Waals surface area contributed by atoms with Gasteiger partial charge < -0.3 is 19.9 Å². The molecule has 7 heteroatoms. The molecule has 0 bridgehead atoms. The third-order valence-electron chi connectivity index (χ3n) is 8.64. The Morgan fingerprint density at radius 2 is 1.77 bits per heavy atom. The molecule has 1 fully saturated rings. The first-order chi connectivity index (χ1) is 21.4. The molecular formula is C37H46N2O5. The summed E-state index contributed by atoms with van der Waals surface area (Å²) in [5.74, 6) is 0.480. The molecule has 7 nitrogen and oxygen atoms in total. The van der Waals surface area contributed by atoms with Crippen LogP contribution in [0.4, 0.5) is 5.69 Å². The van der Waals surface area contributed by atoms with Crippen molar-refractivity contribution in [2.45, 2.75) is 78.2 Å². The first kappa shape index (κ1) is 32.9. The fourth-order valence-electron chi connectivity index (χ4n) is 5.30. The van der Waals surface area contributed by atoms with Crippen molar-refractivity contribution in [3.05, 3.63) is 89.2 Å². The third kappa shape index (κ3) is 10.1. The minimum Gasteiger partial charge on any atom is -0.493 e. The number of nitrogens with one attached hydrogen (secondary N) is 1. The number of unbranched alkanes of at least 4 members (excludes halogenated alkanes) is 1. The van der Waals surface area contributed by atoms with Gasteiger partial charge in [0.2, 0.25) is 5.91 Å². The number of aryl methyl sites for hydroxylation is 1. The molecule has 0 spiro atoms. The number of carbonyl (C=O) groups is 2. The second kappa shape index (κ2) is 16.8. The second-order valence-corrected chi connectivity index (χ2v) is 11.8. The fraction of sp³-hybridized carbons (Fsp3) is 0.432. The molecule has 2 aromatic carbocycles. The number of aliphatic carboxylic acids is 1. The van der Waals surface area contributed by atoms with Gasteiger partial charge in [-0.3, -0.25) is 14.6 Å². The Kier molecular flexibility index (Phi) is 12.5. The largest absolute Gasteiger partial charge is 0.493 e. The molecule has 1 saturated carbocycles. The number of rotatable bonds is 18. The second-order valence-electron chi connectivity index (χ2n) is 11.8. The summed E-state index contributed by atoms with van der Waals surface area (Å²) >= 11 is 0. The van der Waals surface area contributed by atoms with Crippen LogP contribution in [0.1, 0.15) is 87.7 Å². The molecule has 4 rings (SSSR count). The lowest BCUT2D eigenvalue weighted by Crippen LogP contribution is -2.34. The van der Waals surface area contributed by atoms with Gasteiger partial charge in [-0.1, -0.05) is 56.7 Å². The summed E-state index contributed by atoms with van der Waals surface area (Å²) in [5, 5.41) is 12.5. The molecule has 2 N–H and O–H groups in total. The molecule has 1 heterocycles. The van der Waals surface area contributed by atoms with Crippen molar-refractivity contribution in [1.82, 2.24) is 4.98 Å². The van der Waals surface area contributed by atoms with E-state index in [9.17, 15) is 14.7 Å². The Morgan fingerprint density at radius 3 is 2.48 bits per heavy atom. The Labute approximate surface area is 261 Å². The highest BCUT2D eigenvalue weighted by molar-refractivity contribution is 5.94. The number of carboxylic acid groups (broad SMARTS) is 1. The molecule has 0 unspecified atom stereocenters. The standard InChI is InChI=1S/C37H46N2O5/c1-3-37(4-2,36(41)42)25-35(40)39-32-15-8-11-29(24-32)17-20-31-14-9-16-33(38-31)27-43-23-6-5-10-28-18-21-34(22-19-28)44-26-30-12-7-13-30/h8-9,11,14-22,24,30H,3-7,10,12-13,23,25-27H2,1-2H3,(H,39,40)(H,41,42)/b20-17+. The molecular weight excluding hydrogens is 552 g/mol. The van der Waals surface area contributed by atoms with Crippen LogP contribution in [0.25, 0.3) is 12.2 Å². The van der Waals surface area contributed by atoms with Crippen LogP contribution in [0.15, 0.2) is 66.7 Å². The van der Waals surface area contributed by atoms with Gasteiger partial charge in [-0.05, 0) is 104 Å². The monoisotopic (exact) mass is 598 g/mol. The number of aromatic nitrogens is 1. The first-order valence-corrected chi connectivity index (χ1v) is 16.0. The highest BCUT2D eigenvalue weighted by atomic mass is 16.5. The molecule has 234 valence electrons. The van der Waals surface area contributed by atoms with E-state index in [0.717, 1.165) is 54.5 Å². The summed E-state index contributed by atoms with van der Waals surface area (Å²) in [6.07, 6.45) is 11.6. The summed E-state index contributed by atoms with van der Waals surface area (Å²) in [4.78, 5) is 29.1. The minimum absolute atomic E-state index is 0.0574. The van der Waals surface area contributed by atoms with Crippen LogP contribution in [0.2, 0.25) is 0 Å². The van der Waals surface area contributed by atoms with Crippen molar-refractivity contribution in [2.75, 3.05) is 18.5 Å². The van der Waals surface area contributed by atoms with E-state index < -0.39 is 11.4 Å². The molecule has 1 aromatic heterocycles. The minimum atomic E-state index is -1.04. The smallest absolute Gasteiger partial charge is 0.310 e. The van der Waals surface area contributed by atoms with E-state index in [2.05, 4.69) is 29.6 Å². The van der Waals surface area contributed by atoms with Crippen LogP contribution < -0.4 is 10.1 Å². The van der Waals surface area contributed by atoms with E-state index >= 15 is 0 Å². The van der Waals surface area contributed by atoms with E-state index in [1.54, 1.807) is 19.9 Å². The van der Waals surface area contributed by atoms with Crippen molar-refractivity contribution in [3.8, 4) is 5.75 Å². The van der Waals surface area contributed by atoms with Crippen LogP contribution >= 0.6 is 0 Å². The number of pyridine rings is 1. The van der Waals surface area contributed by atoms with Crippen molar-refractivity contribution >= 4 is 29.7 Å². The Bertz CT molecular complexity index is 1380. The molecule has 0 atom stereocenters. The van der Waals surface area contributed by atoms with E-state index in [1.807, 2.05) is 48.6 Å². The van der Waals surface area contributed by atoms with Gasteiger partial charge in [-0.15, -0.1) is 0 Å². The Hall–Kier alpha value is -3.97. The zero-order chi connectivity index (χ0) is 31.2. The molecule has 44 heavy (non-hydrogen) atoms. The molecule has 3 aromatic rings. The van der Waals surface area contributed by atoms with Gasteiger partial charge >= 0.3 is 5.97 Å². The van der Waals surface area contributed by atoms with Crippen molar-refractivity contribution in [2.24, 2.45) is 11.3 Å². The number of amides is 1. The van der Waals surface area contributed by atoms with Crippen LogP contribution in [-0.2, 0) is 27.4 Å². The maximum Gasteiger partial charge on any atom is 0.310 e. The number of benzene rings is 2. The van der Waals surface area contributed by atoms with Gasteiger partial charge in [0.05, 0.1) is 30.0 Å². The molecule has 0 aliphatic heterocycles. The lowest BCUT2D eigenvalue weighted by atomic mass is 9.79. The van der Waals surface area contributed by atoms with Crippen molar-refractivity contribution in [1.29, 1.82) is 0 Å². The highest BCUT2D eigenvalue weighted by Crippen LogP contribution is 2.31. The van der Waals surface area contributed by atoms with Gasteiger partial charge in [0.1, 0.15) is 5.75 Å². The van der Waals surface area contributed by atoms with Gasteiger partial charge in [0, 0.05) is 18.7 Å². The van der Waals surface area contributed by atoms with Crippen LogP contribution in [0.3, 0.4) is 0 Å². The number of carboxylic acids is 1. The summed E-state index contributed by atoms with van der Waals surface area (Å²) in [7, 11) is 0. The average molecular weight is 599 g/mol. The summed E-state index contributed by atoms with van der Waals surface area (Å²) in [5.41, 5.74) is 3.50. The number of ether oxygens (including phenoxy) is 2. The van der Waals surface area contributed by atoms with E-state index in [1.165, 1.54) is 24.8 Å². The van der Waals surface area contributed by atoms with E-state index in [4.69, 9.17) is 14.5 Å². The summed E-state index contributed by atoms with van der Waals surface area (Å²) in [6.45, 7) is 5.61. The number of hydrogen-bond acceptors (Lipinski definition) is 5. The topological polar surface area (TPSA) is 97.8 Å². The zero-order valence-corrected chi connectivity index (χ0v) is 26.1. The lowest BCUT2D eigenvalue weighted by molar-refractivity contribution is -0.151. The number of hydrogen-bond donors (Lipinski definition) is 2. The lowest BCUT2D eigenvalue weighted by Gasteiger charge is -2.25. The van der Waals surface area contributed by atoms with Gasteiger partial charge in [0.15, 0.2) is 0 Å². The van der Waals surface area contributed by atoms with Gasteiger partial charge in [-0.2, -0.15) is 0 Å². The van der Waals surface area contributed by atoms with Crippen molar-refractivity contribution in [3.63, 3.8) is 0 Å². The molecule has 1 aliphatic carbocycles. The average Bonchev–Trinajstić information content (AvgIpc) is 3.01.